The van der Waals surface area contributed by atoms with Gasteiger partial charge in [0.15, 0.2) is 11.6 Å². The number of halogens is 2. The summed E-state index contributed by atoms with van der Waals surface area (Å²) in [5, 5.41) is 35.2. The highest BCUT2D eigenvalue weighted by Crippen LogP contribution is 2.35. The molecule has 8 nitrogen and oxygen atoms in total. The third-order valence-electron chi connectivity index (χ3n) is 3.82. The minimum Gasteiger partial charge on any atom is -0.394 e. The van der Waals surface area contributed by atoms with Gasteiger partial charge in [-0.05, 0) is 17.7 Å². The summed E-state index contributed by atoms with van der Waals surface area (Å²) in [6.07, 6.45) is -0.907. The fourth-order valence-corrected chi connectivity index (χ4v) is 2.89. The third-order valence-corrected chi connectivity index (χ3v) is 4.56. The summed E-state index contributed by atoms with van der Waals surface area (Å²) in [5.74, 6) is 0.979. The first kappa shape index (κ1) is 18.5. The van der Waals surface area contributed by atoms with Crippen LogP contribution < -0.4 is 15.5 Å². The van der Waals surface area contributed by atoms with E-state index in [2.05, 4.69) is 20.6 Å². The van der Waals surface area contributed by atoms with E-state index in [1.165, 1.54) is 0 Å². The van der Waals surface area contributed by atoms with Crippen molar-refractivity contribution in [2.75, 3.05) is 35.4 Å². The molecule has 0 aliphatic carbocycles. The second kappa shape index (κ2) is 7.93. The molecule has 1 unspecified atom stereocenters. The first-order chi connectivity index (χ1) is 12.5. The first-order valence-corrected chi connectivity index (χ1v) is 8.55. The number of benzene rings is 1. The van der Waals surface area contributed by atoms with E-state index >= 15 is 0 Å². The van der Waals surface area contributed by atoms with E-state index in [9.17, 15) is 10.4 Å². The van der Waals surface area contributed by atoms with Gasteiger partial charge in [-0.3, -0.25) is 0 Å². The molecule has 0 saturated carbocycles. The fraction of sp³-hybridized carbons (Fsp3) is 0.312. The third kappa shape index (κ3) is 3.92. The summed E-state index contributed by atoms with van der Waals surface area (Å²) >= 11 is 11.9. The molecule has 3 rings (SSSR count). The molecule has 2 heterocycles. The second-order valence-corrected chi connectivity index (χ2v) is 6.52. The molecule has 0 bridgehead atoms. The number of nitriles is 1. The number of aromatic nitrogens is 2. The number of aliphatic hydroxyl groups is 2. The Hall–Kier alpha value is -2.31. The minimum absolute atomic E-state index is 0.00702. The zero-order valence-corrected chi connectivity index (χ0v) is 15.1. The molecule has 0 fully saturated rings. The van der Waals surface area contributed by atoms with Crippen LogP contribution in [0, 0.1) is 11.3 Å². The molecule has 0 spiro atoms. The van der Waals surface area contributed by atoms with Crippen LogP contribution in [0.1, 0.15) is 11.4 Å². The van der Waals surface area contributed by atoms with E-state index in [1.54, 1.807) is 17.0 Å². The maximum Gasteiger partial charge on any atom is 0.236 e. The number of hydrogen-bond acceptors (Lipinski definition) is 8. The van der Waals surface area contributed by atoms with Crippen molar-refractivity contribution in [2.45, 2.75) is 12.6 Å². The number of nitrogens with one attached hydrogen (secondary N) is 2. The molecule has 4 N–H and O–H groups in total. The smallest absolute Gasteiger partial charge is 0.236 e. The normalized spacial score (nSPS) is 13.7. The molecule has 0 amide bonds. The predicted octanol–water partition coefficient (Wildman–Crippen LogP) is 1.81. The van der Waals surface area contributed by atoms with E-state index in [0.717, 1.165) is 5.56 Å². The highest BCUT2D eigenvalue weighted by Gasteiger charge is 2.26. The van der Waals surface area contributed by atoms with Crippen LogP contribution in [0.25, 0.3) is 0 Å². The van der Waals surface area contributed by atoms with Crippen molar-refractivity contribution in [1.82, 2.24) is 9.97 Å². The number of rotatable bonds is 6. The Bertz CT molecular complexity index is 857. The van der Waals surface area contributed by atoms with Gasteiger partial charge in [0, 0.05) is 13.1 Å². The van der Waals surface area contributed by atoms with Crippen molar-refractivity contribution in [1.29, 1.82) is 5.26 Å². The van der Waals surface area contributed by atoms with E-state index in [-0.39, 0.29) is 19.0 Å². The molecule has 1 aromatic heterocycles. The van der Waals surface area contributed by atoms with Crippen molar-refractivity contribution < 1.29 is 10.2 Å². The summed E-state index contributed by atoms with van der Waals surface area (Å²) in [6, 6.07) is 7.23. The maximum atomic E-state index is 9.67. The Balaban J connectivity index is 1.83. The number of aliphatic hydroxyl groups excluding tert-OH is 2. The number of nitrogens with zero attached hydrogens (tertiary/aromatic N) is 4. The SMILES string of the molecule is N#Cc1nc(NCc2ccc(Cl)c(Cl)c2)c2c(n1)N(CC(O)CO)CN2. The Kier molecular flexibility index (Phi) is 5.64. The van der Waals surface area contributed by atoms with Crippen LogP contribution >= 0.6 is 23.2 Å². The fourth-order valence-electron chi connectivity index (χ4n) is 2.57. The van der Waals surface area contributed by atoms with Crippen LogP contribution in [-0.2, 0) is 6.54 Å². The van der Waals surface area contributed by atoms with Crippen LogP contribution in [0.3, 0.4) is 0 Å². The zero-order valence-electron chi connectivity index (χ0n) is 13.6. The van der Waals surface area contributed by atoms with Crippen molar-refractivity contribution in [3.05, 3.63) is 39.6 Å². The Morgan fingerprint density at radius 1 is 1.35 bits per heavy atom. The lowest BCUT2D eigenvalue weighted by Crippen LogP contribution is -2.34. The van der Waals surface area contributed by atoms with Gasteiger partial charge in [-0.15, -0.1) is 0 Å². The van der Waals surface area contributed by atoms with Crippen molar-refractivity contribution in [2.24, 2.45) is 0 Å². The Morgan fingerprint density at radius 3 is 2.85 bits per heavy atom. The molecule has 1 atom stereocenters. The van der Waals surface area contributed by atoms with Crippen LogP contribution in [0.15, 0.2) is 18.2 Å². The molecule has 136 valence electrons. The summed E-state index contributed by atoms with van der Waals surface area (Å²) < 4.78 is 0. The molecule has 0 radical (unpaired) electrons. The highest BCUT2D eigenvalue weighted by molar-refractivity contribution is 6.42. The van der Waals surface area contributed by atoms with Gasteiger partial charge in [0.1, 0.15) is 11.8 Å². The first-order valence-electron chi connectivity index (χ1n) is 7.79. The zero-order chi connectivity index (χ0) is 18.7. The van der Waals surface area contributed by atoms with Gasteiger partial charge in [-0.25, -0.2) is 0 Å². The lowest BCUT2D eigenvalue weighted by atomic mass is 10.2. The average Bonchev–Trinajstić information content (AvgIpc) is 3.05. The summed E-state index contributed by atoms with van der Waals surface area (Å²) in [6.45, 7) is 0.638. The minimum atomic E-state index is -0.907. The van der Waals surface area contributed by atoms with Gasteiger partial charge >= 0.3 is 0 Å². The number of anilines is 3. The summed E-state index contributed by atoms with van der Waals surface area (Å²) in [5.41, 5.74) is 1.53. The van der Waals surface area contributed by atoms with Crippen molar-refractivity contribution in [3.63, 3.8) is 0 Å². The van der Waals surface area contributed by atoms with Gasteiger partial charge in [0.05, 0.1) is 29.4 Å². The van der Waals surface area contributed by atoms with Crippen LogP contribution in [0.4, 0.5) is 17.3 Å². The van der Waals surface area contributed by atoms with E-state index < -0.39 is 6.10 Å². The standard InChI is InChI=1S/C16H16Cl2N6O2/c17-11-2-1-9(3-12(11)18)5-20-15-14-16(23-13(4-19)22-15)24(8-21-14)6-10(26)7-25/h1-3,10,21,25-26H,5-8H2,(H,20,22,23). The average molecular weight is 395 g/mol. The molecular weight excluding hydrogens is 379 g/mol. The molecule has 10 heteroatoms. The number of hydrogen-bond donors (Lipinski definition) is 4. The topological polar surface area (TPSA) is 117 Å². The quantitative estimate of drug-likeness (QED) is 0.585. The molecule has 0 saturated heterocycles. The molecule has 1 aliphatic heterocycles. The van der Waals surface area contributed by atoms with E-state index in [4.69, 9.17) is 28.3 Å². The van der Waals surface area contributed by atoms with Crippen LogP contribution in [0.2, 0.25) is 10.0 Å². The number of fused-ring (bicyclic) bond motifs is 1. The molecule has 2 aromatic rings. The number of β-amino-alcohol motifs (C(OH)–C–C–N with tert-alkyl or cyclic N) is 1. The Labute approximate surface area is 160 Å². The van der Waals surface area contributed by atoms with Gasteiger partial charge in [0.25, 0.3) is 0 Å². The maximum absolute atomic E-state index is 9.67. The predicted molar refractivity (Wildman–Crippen MR) is 99.5 cm³/mol. The van der Waals surface area contributed by atoms with Gasteiger partial charge in [-0.2, -0.15) is 15.2 Å². The van der Waals surface area contributed by atoms with Gasteiger partial charge in [0.2, 0.25) is 5.82 Å². The van der Waals surface area contributed by atoms with Crippen LogP contribution in [-0.4, -0.2) is 46.1 Å². The molecule has 1 aromatic carbocycles. The molecule has 1 aliphatic rings. The van der Waals surface area contributed by atoms with Crippen molar-refractivity contribution in [3.8, 4) is 6.07 Å². The van der Waals surface area contributed by atoms with Crippen molar-refractivity contribution >= 4 is 40.5 Å². The lowest BCUT2D eigenvalue weighted by Gasteiger charge is -2.19. The van der Waals surface area contributed by atoms with Gasteiger partial charge < -0.3 is 25.7 Å². The van der Waals surface area contributed by atoms with Crippen LogP contribution in [0.5, 0.6) is 0 Å². The monoisotopic (exact) mass is 394 g/mol. The van der Waals surface area contributed by atoms with E-state index in [1.807, 2.05) is 12.1 Å². The van der Waals surface area contributed by atoms with E-state index in [0.29, 0.717) is 40.6 Å². The molecular formula is C16H16Cl2N6O2. The Morgan fingerprint density at radius 2 is 2.15 bits per heavy atom. The summed E-state index contributed by atoms with van der Waals surface area (Å²) in [4.78, 5) is 10.1. The van der Waals surface area contributed by atoms with Gasteiger partial charge in [-0.1, -0.05) is 29.3 Å². The molecule has 26 heavy (non-hydrogen) atoms. The highest BCUT2D eigenvalue weighted by atomic mass is 35.5. The summed E-state index contributed by atoms with van der Waals surface area (Å²) in [7, 11) is 0. The largest absolute Gasteiger partial charge is 0.394 e. The lowest BCUT2D eigenvalue weighted by molar-refractivity contribution is 0.100. The second-order valence-electron chi connectivity index (χ2n) is 5.70.